The van der Waals surface area contributed by atoms with Crippen LogP contribution in [0.15, 0.2) is 24.0 Å². The minimum absolute atomic E-state index is 0.308. The van der Waals surface area contributed by atoms with Crippen molar-refractivity contribution >= 4 is 5.91 Å². The van der Waals surface area contributed by atoms with Gasteiger partial charge in [-0.05, 0) is 12.2 Å². The van der Waals surface area contributed by atoms with Crippen molar-refractivity contribution in [1.82, 2.24) is 4.90 Å². The minimum atomic E-state index is -1.00. The second kappa shape index (κ2) is 4.26. The molecule has 1 heterocycles. The molecule has 0 aromatic carbocycles. The number of rotatable bonds is 3. The third-order valence-electron chi connectivity index (χ3n) is 1.58. The van der Waals surface area contributed by atoms with Crippen LogP contribution in [-0.2, 0) is 9.63 Å². The van der Waals surface area contributed by atoms with E-state index < -0.39 is 17.6 Å². The third-order valence-corrected chi connectivity index (χ3v) is 1.58. The number of nitrogens with two attached hydrogens (primary N) is 1. The average Bonchev–Trinajstić information content (AvgIpc) is 2.15. The molecule has 0 spiro atoms. The summed E-state index contributed by atoms with van der Waals surface area (Å²) in [6, 6.07) is 0. The Balaban J connectivity index is 2.40. The van der Waals surface area contributed by atoms with Crippen LogP contribution in [0.3, 0.4) is 0 Å². The molecule has 1 aliphatic rings. The number of hydrogen-bond donors (Lipinski definition) is 1. The van der Waals surface area contributed by atoms with Crippen LogP contribution in [0.1, 0.15) is 0 Å². The first-order valence-electron chi connectivity index (χ1n) is 3.80. The molecule has 0 saturated heterocycles. The summed E-state index contributed by atoms with van der Waals surface area (Å²) in [7, 11) is 0. The van der Waals surface area contributed by atoms with Gasteiger partial charge < -0.3 is 15.5 Å². The van der Waals surface area contributed by atoms with Gasteiger partial charge >= 0.3 is 0 Å². The van der Waals surface area contributed by atoms with Crippen LogP contribution >= 0.6 is 0 Å². The van der Waals surface area contributed by atoms with E-state index in [2.05, 4.69) is 4.84 Å². The second-order valence-corrected chi connectivity index (χ2v) is 2.56. The predicted octanol–water partition coefficient (Wildman–Crippen LogP) is -0.607. The maximum atomic E-state index is 11.2. The molecule has 0 aromatic heterocycles. The maximum Gasteiger partial charge on any atom is 0.295 e. The molecule has 0 radical (unpaired) electrons. The topological polar surface area (TPSA) is 98.7 Å². The highest BCUT2D eigenvalue weighted by Crippen LogP contribution is 2.02. The van der Waals surface area contributed by atoms with Crippen LogP contribution < -0.4 is 5.73 Å². The first-order chi connectivity index (χ1) is 6.59. The van der Waals surface area contributed by atoms with Crippen LogP contribution in [0.25, 0.3) is 0 Å². The lowest BCUT2D eigenvalue weighted by Gasteiger charge is -2.18. The van der Waals surface area contributed by atoms with E-state index in [1.165, 1.54) is 17.2 Å². The van der Waals surface area contributed by atoms with Crippen LogP contribution in [0.4, 0.5) is 0 Å². The van der Waals surface area contributed by atoms with Gasteiger partial charge in [0, 0.05) is 18.4 Å². The molecule has 0 aliphatic carbocycles. The molecule has 1 amide bonds. The van der Waals surface area contributed by atoms with Gasteiger partial charge in [-0.1, -0.05) is 0 Å². The van der Waals surface area contributed by atoms with Gasteiger partial charge in [0.15, 0.2) is 6.61 Å². The molecule has 14 heavy (non-hydrogen) atoms. The van der Waals surface area contributed by atoms with Gasteiger partial charge in [-0.2, -0.15) is 0 Å². The summed E-state index contributed by atoms with van der Waals surface area (Å²) in [5.41, 5.74) is 5.98. The number of hydrogen-bond acceptors (Lipinski definition) is 5. The van der Waals surface area contributed by atoms with E-state index in [0.29, 0.717) is 12.2 Å². The molecule has 1 rings (SSSR count). The summed E-state index contributed by atoms with van der Waals surface area (Å²) in [5, 5.41) is 8.80. The molecule has 1 aliphatic heterocycles. The summed E-state index contributed by atoms with van der Waals surface area (Å²) < 4.78 is 0. The minimum Gasteiger partial charge on any atom is -0.399 e. The molecule has 7 heteroatoms. The van der Waals surface area contributed by atoms with E-state index in [0.717, 1.165) is 0 Å². The van der Waals surface area contributed by atoms with Crippen molar-refractivity contribution in [2.75, 3.05) is 13.2 Å². The SMILES string of the molecule is NC1=CCN(C(=O)CO[N+](=O)[O-])C=C1. The number of carbonyl (C=O) groups is 1. The molecule has 76 valence electrons. The molecule has 0 aromatic rings. The van der Waals surface area contributed by atoms with Crippen molar-refractivity contribution in [3.05, 3.63) is 34.2 Å². The van der Waals surface area contributed by atoms with E-state index in [4.69, 9.17) is 5.73 Å². The zero-order valence-corrected chi connectivity index (χ0v) is 7.25. The highest BCUT2D eigenvalue weighted by atomic mass is 16.9. The Labute approximate surface area is 79.5 Å². The third kappa shape index (κ3) is 2.77. The van der Waals surface area contributed by atoms with Gasteiger partial charge in [0.25, 0.3) is 11.0 Å². The lowest BCUT2D eigenvalue weighted by molar-refractivity contribution is -0.754. The molecule has 0 fully saturated rings. The Hall–Kier alpha value is -2.05. The monoisotopic (exact) mass is 199 g/mol. The summed E-state index contributed by atoms with van der Waals surface area (Å²) in [6.07, 6.45) is 4.62. The van der Waals surface area contributed by atoms with Crippen LogP contribution in [-0.4, -0.2) is 29.0 Å². The molecule has 0 unspecified atom stereocenters. The van der Waals surface area contributed by atoms with Gasteiger partial charge in [0.05, 0.1) is 0 Å². The fraction of sp³-hybridized carbons (Fsp3) is 0.286. The van der Waals surface area contributed by atoms with E-state index in [1.54, 1.807) is 6.08 Å². The van der Waals surface area contributed by atoms with Gasteiger partial charge in [0.2, 0.25) is 0 Å². The Morgan fingerprint density at radius 3 is 3.00 bits per heavy atom. The van der Waals surface area contributed by atoms with Crippen LogP contribution in [0, 0.1) is 10.1 Å². The molecule has 0 bridgehead atoms. The first kappa shape index (κ1) is 10.0. The van der Waals surface area contributed by atoms with Crippen LogP contribution in [0.2, 0.25) is 0 Å². The fourth-order valence-electron chi connectivity index (χ4n) is 0.884. The standard InChI is InChI=1S/C7H9N3O4/c8-6-1-3-9(4-2-6)7(11)5-14-10(12)13/h1-3H,4-5,8H2. The highest BCUT2D eigenvalue weighted by Gasteiger charge is 2.13. The van der Waals surface area contributed by atoms with Crippen molar-refractivity contribution in [3.8, 4) is 0 Å². The molecular weight excluding hydrogens is 190 g/mol. The Kier molecular flexibility index (Phi) is 3.05. The number of carbonyl (C=O) groups excluding carboxylic acids is 1. The number of allylic oxidation sites excluding steroid dienone is 1. The van der Waals surface area contributed by atoms with E-state index in [1.807, 2.05) is 0 Å². The summed E-state index contributed by atoms with van der Waals surface area (Å²) >= 11 is 0. The van der Waals surface area contributed by atoms with Gasteiger partial charge in [-0.25, -0.2) is 0 Å². The predicted molar refractivity (Wildman–Crippen MR) is 46.1 cm³/mol. The maximum absolute atomic E-state index is 11.2. The largest absolute Gasteiger partial charge is 0.399 e. The fourth-order valence-corrected chi connectivity index (χ4v) is 0.884. The zero-order valence-electron chi connectivity index (χ0n) is 7.25. The zero-order chi connectivity index (χ0) is 10.6. The smallest absolute Gasteiger partial charge is 0.295 e. The van der Waals surface area contributed by atoms with E-state index >= 15 is 0 Å². The first-order valence-corrected chi connectivity index (χ1v) is 3.80. The van der Waals surface area contributed by atoms with Crippen molar-refractivity contribution < 1.29 is 14.7 Å². The lowest BCUT2D eigenvalue weighted by Crippen LogP contribution is -2.32. The Morgan fingerprint density at radius 1 is 1.79 bits per heavy atom. The Morgan fingerprint density at radius 2 is 2.50 bits per heavy atom. The van der Waals surface area contributed by atoms with Crippen molar-refractivity contribution in [2.45, 2.75) is 0 Å². The summed E-state index contributed by atoms with van der Waals surface area (Å²) in [5.74, 6) is -0.485. The van der Waals surface area contributed by atoms with Crippen molar-refractivity contribution in [3.63, 3.8) is 0 Å². The van der Waals surface area contributed by atoms with E-state index in [9.17, 15) is 14.9 Å². The quantitative estimate of drug-likeness (QED) is 0.483. The number of nitrogens with zero attached hydrogens (tertiary/aromatic N) is 2. The molecule has 7 nitrogen and oxygen atoms in total. The van der Waals surface area contributed by atoms with Crippen molar-refractivity contribution in [2.24, 2.45) is 5.73 Å². The van der Waals surface area contributed by atoms with Crippen molar-refractivity contribution in [1.29, 1.82) is 0 Å². The molecule has 0 atom stereocenters. The highest BCUT2D eigenvalue weighted by molar-refractivity contribution is 5.78. The number of amides is 1. The molecular formula is C7H9N3O4. The van der Waals surface area contributed by atoms with Gasteiger partial charge in [0.1, 0.15) is 0 Å². The van der Waals surface area contributed by atoms with Crippen LogP contribution in [0.5, 0.6) is 0 Å². The average molecular weight is 199 g/mol. The van der Waals surface area contributed by atoms with Gasteiger partial charge in [-0.15, -0.1) is 10.1 Å². The normalized spacial score (nSPS) is 14.9. The summed E-state index contributed by atoms with van der Waals surface area (Å²) in [6.45, 7) is -0.271. The summed E-state index contributed by atoms with van der Waals surface area (Å²) in [4.78, 5) is 26.2. The second-order valence-electron chi connectivity index (χ2n) is 2.56. The lowest BCUT2D eigenvalue weighted by atomic mass is 10.3. The molecule has 2 N–H and O–H groups in total. The molecule has 0 saturated carbocycles. The Bertz CT molecular complexity index is 310. The van der Waals surface area contributed by atoms with E-state index in [-0.39, 0.29) is 0 Å². The van der Waals surface area contributed by atoms with Gasteiger partial charge in [-0.3, -0.25) is 4.79 Å².